The van der Waals surface area contributed by atoms with E-state index in [4.69, 9.17) is 9.90 Å². The summed E-state index contributed by atoms with van der Waals surface area (Å²) >= 11 is 0. The quantitative estimate of drug-likeness (QED) is 0.692. The number of benzene rings is 1. The van der Waals surface area contributed by atoms with Crippen LogP contribution in [0.4, 0.5) is 13.2 Å². The van der Waals surface area contributed by atoms with Crippen LogP contribution in [0.5, 0.6) is 0 Å². The van der Waals surface area contributed by atoms with Crippen LogP contribution in [0, 0.1) is 0 Å². The summed E-state index contributed by atoms with van der Waals surface area (Å²) in [5.74, 6) is -2.59. The van der Waals surface area contributed by atoms with Crippen LogP contribution in [0.3, 0.4) is 0 Å². The van der Waals surface area contributed by atoms with Crippen LogP contribution >= 0.6 is 0 Å². The summed E-state index contributed by atoms with van der Waals surface area (Å²) in [6, 6.07) is 9.31. The Morgan fingerprint density at radius 2 is 1.67 bits per heavy atom. The van der Waals surface area contributed by atoms with E-state index in [9.17, 15) is 22.8 Å². The summed E-state index contributed by atoms with van der Waals surface area (Å²) in [5.41, 5.74) is 0.693. The minimum atomic E-state index is -5.08. The van der Waals surface area contributed by atoms with Gasteiger partial charge in [0.1, 0.15) is 0 Å². The van der Waals surface area contributed by atoms with E-state index in [2.05, 4.69) is 12.2 Å². The van der Waals surface area contributed by atoms with Crippen molar-refractivity contribution in [3.8, 4) is 0 Å². The van der Waals surface area contributed by atoms with E-state index in [-0.39, 0.29) is 11.8 Å². The molecule has 1 aromatic carbocycles. The Morgan fingerprint density at radius 1 is 1.10 bits per heavy atom. The molecule has 0 unspecified atom stereocenters. The number of alkyl halides is 3. The molecule has 10 heteroatoms. The number of carboxylic acids is 1. The number of carbonyl (C=O) groups is 3. The highest BCUT2D eigenvalue weighted by molar-refractivity contribution is 5.94. The maximum absolute atomic E-state index is 12.6. The van der Waals surface area contributed by atoms with Gasteiger partial charge >= 0.3 is 12.1 Å². The van der Waals surface area contributed by atoms with Crippen molar-refractivity contribution in [3.63, 3.8) is 0 Å². The molecule has 0 bridgehead atoms. The zero-order valence-electron chi connectivity index (χ0n) is 17.0. The summed E-state index contributed by atoms with van der Waals surface area (Å²) in [5, 5.41) is 10.4. The third-order valence-corrected chi connectivity index (χ3v) is 4.40. The van der Waals surface area contributed by atoms with Gasteiger partial charge in [-0.15, -0.1) is 0 Å². The van der Waals surface area contributed by atoms with Crippen molar-refractivity contribution in [2.24, 2.45) is 0 Å². The van der Waals surface area contributed by atoms with Crippen molar-refractivity contribution in [2.75, 3.05) is 39.3 Å². The lowest BCUT2D eigenvalue weighted by Gasteiger charge is -2.29. The van der Waals surface area contributed by atoms with Crippen LogP contribution in [0.2, 0.25) is 0 Å². The number of carboxylic acid groups (broad SMARTS) is 1. The lowest BCUT2D eigenvalue weighted by Crippen LogP contribution is -2.47. The summed E-state index contributed by atoms with van der Waals surface area (Å²) in [4.78, 5) is 37.5. The Morgan fingerprint density at radius 3 is 2.17 bits per heavy atom. The van der Waals surface area contributed by atoms with Gasteiger partial charge in [-0.1, -0.05) is 31.5 Å². The maximum Gasteiger partial charge on any atom is 0.490 e. The number of aliphatic carboxylic acids is 1. The molecule has 1 heterocycles. The molecule has 0 radical (unpaired) electrons. The molecular weight excluding hydrogens is 403 g/mol. The molecule has 7 nitrogen and oxygen atoms in total. The van der Waals surface area contributed by atoms with Gasteiger partial charge in [-0.25, -0.2) is 4.79 Å². The lowest BCUT2D eigenvalue weighted by atomic mass is 10.1. The van der Waals surface area contributed by atoms with Crippen molar-refractivity contribution in [3.05, 3.63) is 35.9 Å². The van der Waals surface area contributed by atoms with E-state index in [0.29, 0.717) is 25.1 Å². The molecule has 1 aromatic rings. The van der Waals surface area contributed by atoms with Gasteiger partial charge in [0.15, 0.2) is 0 Å². The van der Waals surface area contributed by atoms with E-state index >= 15 is 0 Å². The van der Waals surface area contributed by atoms with Gasteiger partial charge in [0, 0.05) is 51.3 Å². The SMILES string of the molecule is CCCCN(CCC(=O)N1CCNCC1)C(=O)c1ccccc1.O=C(O)C(F)(F)F. The first-order valence-electron chi connectivity index (χ1n) is 9.79. The molecule has 1 aliphatic heterocycles. The number of hydrogen-bond donors (Lipinski definition) is 2. The van der Waals surface area contributed by atoms with Crippen LogP contribution in [-0.2, 0) is 9.59 Å². The van der Waals surface area contributed by atoms with E-state index in [0.717, 1.165) is 39.0 Å². The van der Waals surface area contributed by atoms with Crippen molar-refractivity contribution in [2.45, 2.75) is 32.4 Å². The molecule has 1 fully saturated rings. The highest BCUT2D eigenvalue weighted by Gasteiger charge is 2.38. The number of carbonyl (C=O) groups excluding carboxylic acids is 2. The summed E-state index contributed by atoms with van der Waals surface area (Å²) in [7, 11) is 0. The average molecular weight is 431 g/mol. The van der Waals surface area contributed by atoms with E-state index in [1.165, 1.54) is 0 Å². The Balaban J connectivity index is 0.000000553. The number of nitrogens with one attached hydrogen (secondary N) is 1. The number of nitrogens with zero attached hydrogens (tertiary/aromatic N) is 2. The van der Waals surface area contributed by atoms with Gasteiger partial charge < -0.3 is 20.2 Å². The van der Waals surface area contributed by atoms with E-state index in [1.54, 1.807) is 0 Å². The van der Waals surface area contributed by atoms with Gasteiger partial charge in [0.2, 0.25) is 5.91 Å². The highest BCUT2D eigenvalue weighted by Crippen LogP contribution is 2.13. The third-order valence-electron chi connectivity index (χ3n) is 4.40. The summed E-state index contributed by atoms with van der Waals surface area (Å²) in [6.45, 7) is 6.55. The molecule has 1 saturated heterocycles. The van der Waals surface area contributed by atoms with Gasteiger partial charge in [-0.2, -0.15) is 13.2 Å². The molecule has 0 spiro atoms. The molecule has 0 aliphatic carbocycles. The van der Waals surface area contributed by atoms with E-state index in [1.807, 2.05) is 40.1 Å². The molecular formula is C20H28F3N3O4. The van der Waals surface area contributed by atoms with Crippen molar-refractivity contribution < 1.29 is 32.7 Å². The molecule has 0 saturated carbocycles. The van der Waals surface area contributed by atoms with Crippen molar-refractivity contribution in [1.29, 1.82) is 0 Å². The number of unbranched alkanes of at least 4 members (excludes halogenated alkanes) is 1. The molecule has 0 aromatic heterocycles. The molecule has 0 atom stereocenters. The van der Waals surface area contributed by atoms with Crippen molar-refractivity contribution in [1.82, 2.24) is 15.1 Å². The number of halogens is 3. The second-order valence-electron chi connectivity index (χ2n) is 6.70. The minimum Gasteiger partial charge on any atom is -0.475 e. The maximum atomic E-state index is 12.6. The number of amides is 2. The molecule has 2 rings (SSSR count). The zero-order chi connectivity index (χ0) is 22.6. The van der Waals surface area contributed by atoms with Crippen LogP contribution in [0.1, 0.15) is 36.5 Å². The predicted molar refractivity (Wildman–Crippen MR) is 105 cm³/mol. The number of piperazine rings is 1. The van der Waals surface area contributed by atoms with Crippen LogP contribution in [-0.4, -0.2) is 78.1 Å². The van der Waals surface area contributed by atoms with Crippen LogP contribution < -0.4 is 5.32 Å². The standard InChI is InChI=1S/C18H27N3O2.C2HF3O2/c1-2-3-12-21(18(23)16-7-5-4-6-8-16)13-9-17(22)20-14-10-19-11-15-20;3-2(4,5)1(6)7/h4-8,19H,2-3,9-15H2,1H3;(H,6,7). The highest BCUT2D eigenvalue weighted by atomic mass is 19.4. The first kappa shape index (κ1) is 25.4. The smallest absolute Gasteiger partial charge is 0.475 e. The van der Waals surface area contributed by atoms with Gasteiger partial charge in [0.05, 0.1) is 0 Å². The van der Waals surface area contributed by atoms with Crippen LogP contribution in [0.15, 0.2) is 30.3 Å². The zero-order valence-corrected chi connectivity index (χ0v) is 17.0. The molecule has 2 amide bonds. The molecule has 2 N–H and O–H groups in total. The fourth-order valence-corrected chi connectivity index (χ4v) is 2.73. The number of rotatable bonds is 7. The van der Waals surface area contributed by atoms with Gasteiger partial charge in [-0.3, -0.25) is 9.59 Å². The second-order valence-corrected chi connectivity index (χ2v) is 6.70. The Labute approximate surface area is 173 Å². The predicted octanol–water partition coefficient (Wildman–Crippen LogP) is 2.38. The third kappa shape index (κ3) is 9.25. The average Bonchev–Trinajstić information content (AvgIpc) is 2.74. The fourth-order valence-electron chi connectivity index (χ4n) is 2.73. The lowest BCUT2D eigenvalue weighted by molar-refractivity contribution is -0.192. The van der Waals surface area contributed by atoms with Crippen molar-refractivity contribution >= 4 is 17.8 Å². The molecule has 30 heavy (non-hydrogen) atoms. The summed E-state index contributed by atoms with van der Waals surface area (Å²) in [6.07, 6.45) is -2.69. The summed E-state index contributed by atoms with van der Waals surface area (Å²) < 4.78 is 31.7. The topological polar surface area (TPSA) is 90.0 Å². The monoisotopic (exact) mass is 431 g/mol. The first-order chi connectivity index (χ1) is 14.2. The largest absolute Gasteiger partial charge is 0.490 e. The second kappa shape index (κ2) is 12.8. The fraction of sp³-hybridized carbons (Fsp3) is 0.550. The molecule has 1 aliphatic rings. The van der Waals surface area contributed by atoms with Gasteiger partial charge in [0.25, 0.3) is 5.91 Å². The normalized spacial score (nSPS) is 13.8. The molecule has 168 valence electrons. The Bertz CT molecular complexity index is 678. The van der Waals surface area contributed by atoms with E-state index < -0.39 is 12.1 Å². The minimum absolute atomic E-state index is 0.0205. The Hall–Kier alpha value is -2.62. The number of hydrogen-bond acceptors (Lipinski definition) is 4. The van der Waals surface area contributed by atoms with Gasteiger partial charge in [-0.05, 0) is 18.6 Å². The first-order valence-corrected chi connectivity index (χ1v) is 9.79. The van der Waals surface area contributed by atoms with Crippen LogP contribution in [0.25, 0.3) is 0 Å². The Kier molecular flexibility index (Phi) is 10.9.